The van der Waals surface area contributed by atoms with E-state index in [0.29, 0.717) is 40.0 Å². The van der Waals surface area contributed by atoms with Gasteiger partial charge in [0.15, 0.2) is 5.82 Å². The summed E-state index contributed by atoms with van der Waals surface area (Å²) in [6, 6.07) is 22.0. The lowest BCUT2D eigenvalue weighted by Gasteiger charge is -2.29. The van der Waals surface area contributed by atoms with Crippen LogP contribution < -0.4 is 15.4 Å². The molecule has 10 heteroatoms. The van der Waals surface area contributed by atoms with E-state index in [1.165, 1.54) is 12.1 Å². The van der Waals surface area contributed by atoms with Crippen molar-refractivity contribution in [2.24, 2.45) is 0 Å². The highest BCUT2D eigenvalue weighted by molar-refractivity contribution is 6.06. The van der Waals surface area contributed by atoms with Crippen LogP contribution in [0.5, 0.6) is 5.75 Å². The van der Waals surface area contributed by atoms with Crippen molar-refractivity contribution in [3.05, 3.63) is 106 Å². The van der Waals surface area contributed by atoms with Crippen LogP contribution in [0.4, 0.5) is 17.3 Å². The van der Waals surface area contributed by atoms with E-state index in [1.807, 2.05) is 54.6 Å². The van der Waals surface area contributed by atoms with Gasteiger partial charge >= 0.3 is 0 Å². The van der Waals surface area contributed by atoms with Gasteiger partial charge < -0.3 is 15.4 Å². The Kier molecular flexibility index (Phi) is 5.91. The van der Waals surface area contributed by atoms with Crippen LogP contribution in [0, 0.1) is 10.1 Å². The third kappa shape index (κ3) is 4.16. The first kappa shape index (κ1) is 22.8. The highest BCUT2D eigenvalue weighted by atomic mass is 16.6. The second kappa shape index (κ2) is 9.34. The molecule has 1 aliphatic heterocycles. The topological polar surface area (TPSA) is 124 Å². The number of para-hydroxylation sites is 2. The number of ether oxygens (including phenoxy) is 1. The molecule has 0 bridgehead atoms. The van der Waals surface area contributed by atoms with E-state index in [-0.39, 0.29) is 11.6 Å². The van der Waals surface area contributed by atoms with Gasteiger partial charge in [0, 0.05) is 34.6 Å². The lowest BCUT2D eigenvalue weighted by atomic mass is 9.94. The van der Waals surface area contributed by atoms with Gasteiger partial charge in [-0.1, -0.05) is 48.5 Å². The van der Waals surface area contributed by atoms with Crippen molar-refractivity contribution < 1.29 is 14.5 Å². The number of hydrogen-bond donors (Lipinski definition) is 2. The lowest BCUT2D eigenvalue weighted by Crippen LogP contribution is -2.31. The Labute approximate surface area is 206 Å². The van der Waals surface area contributed by atoms with Gasteiger partial charge in [-0.2, -0.15) is 4.98 Å². The van der Waals surface area contributed by atoms with E-state index < -0.39 is 11.0 Å². The molecule has 1 aliphatic rings. The number of nitro benzene ring substituents is 1. The number of rotatable bonds is 6. The monoisotopic (exact) mass is 482 g/mol. The first-order valence-corrected chi connectivity index (χ1v) is 11.1. The van der Waals surface area contributed by atoms with Crippen LogP contribution in [0.15, 0.2) is 90.1 Å². The summed E-state index contributed by atoms with van der Waals surface area (Å²) < 4.78 is 7.23. The number of nitrogens with one attached hydrogen (secondary N) is 2. The number of non-ortho nitro benzene ring substituents is 1. The van der Waals surface area contributed by atoms with E-state index in [4.69, 9.17) is 4.74 Å². The molecule has 1 aromatic heterocycles. The van der Waals surface area contributed by atoms with E-state index in [9.17, 15) is 14.9 Å². The molecule has 0 radical (unpaired) electrons. The minimum atomic E-state index is -0.666. The third-order valence-corrected chi connectivity index (χ3v) is 5.88. The van der Waals surface area contributed by atoms with Crippen molar-refractivity contribution in [2.45, 2.75) is 13.0 Å². The SMILES string of the molecule is COc1ccccc1C1C(C(=O)Nc2ccccc2)=C(C)Nc2nc(-c3cccc([N+](=O)[O-])c3)nn21. The molecule has 1 amide bonds. The zero-order valence-corrected chi connectivity index (χ0v) is 19.5. The van der Waals surface area contributed by atoms with Crippen molar-refractivity contribution in [1.29, 1.82) is 0 Å². The average Bonchev–Trinajstić information content (AvgIpc) is 3.32. The highest BCUT2D eigenvalue weighted by Crippen LogP contribution is 2.40. The average molecular weight is 483 g/mol. The lowest BCUT2D eigenvalue weighted by molar-refractivity contribution is -0.384. The van der Waals surface area contributed by atoms with Gasteiger partial charge in [0.25, 0.3) is 11.6 Å². The number of allylic oxidation sites excluding steroid dienone is 1. The number of nitrogens with zero attached hydrogens (tertiary/aromatic N) is 4. The number of fused-ring (bicyclic) bond motifs is 1. The molecule has 180 valence electrons. The Morgan fingerprint density at radius 2 is 1.83 bits per heavy atom. The highest BCUT2D eigenvalue weighted by Gasteiger charge is 2.36. The zero-order chi connectivity index (χ0) is 25.2. The third-order valence-electron chi connectivity index (χ3n) is 5.88. The number of methoxy groups -OCH3 is 1. The molecule has 0 saturated heterocycles. The molecular formula is C26H22N6O4. The van der Waals surface area contributed by atoms with Crippen LogP contribution >= 0.6 is 0 Å². The maximum absolute atomic E-state index is 13.6. The molecule has 0 fully saturated rings. The number of hydrogen-bond acceptors (Lipinski definition) is 7. The number of anilines is 2. The van der Waals surface area contributed by atoms with Crippen molar-refractivity contribution in [1.82, 2.24) is 14.8 Å². The number of benzene rings is 3. The second-order valence-electron chi connectivity index (χ2n) is 8.14. The normalized spacial score (nSPS) is 14.6. The molecule has 2 heterocycles. The largest absolute Gasteiger partial charge is 0.496 e. The number of nitro groups is 1. The fourth-order valence-corrected chi connectivity index (χ4v) is 4.23. The number of carbonyl (C=O) groups excluding carboxylic acids is 1. The first-order chi connectivity index (χ1) is 17.5. The molecule has 10 nitrogen and oxygen atoms in total. The molecule has 1 unspecified atom stereocenters. The van der Waals surface area contributed by atoms with Crippen LogP contribution in [0.2, 0.25) is 0 Å². The molecule has 3 aromatic carbocycles. The molecule has 4 aromatic rings. The zero-order valence-electron chi connectivity index (χ0n) is 19.5. The Hall–Kier alpha value is -4.99. The van der Waals surface area contributed by atoms with Crippen molar-refractivity contribution in [2.75, 3.05) is 17.7 Å². The van der Waals surface area contributed by atoms with Gasteiger partial charge in [0.05, 0.1) is 17.6 Å². The van der Waals surface area contributed by atoms with Gasteiger partial charge in [0.1, 0.15) is 11.8 Å². The number of carbonyl (C=O) groups is 1. The quantitative estimate of drug-likeness (QED) is 0.299. The van der Waals surface area contributed by atoms with Gasteiger partial charge in [-0.15, -0.1) is 5.10 Å². The molecule has 1 atom stereocenters. The number of aromatic nitrogens is 3. The molecule has 0 aliphatic carbocycles. The van der Waals surface area contributed by atoms with Crippen LogP contribution in [-0.2, 0) is 4.79 Å². The van der Waals surface area contributed by atoms with Crippen LogP contribution in [0.1, 0.15) is 18.5 Å². The predicted octanol–water partition coefficient (Wildman–Crippen LogP) is 4.79. The smallest absolute Gasteiger partial charge is 0.270 e. The Bertz CT molecular complexity index is 1500. The van der Waals surface area contributed by atoms with E-state index in [2.05, 4.69) is 20.7 Å². The van der Waals surface area contributed by atoms with Crippen LogP contribution in [-0.4, -0.2) is 32.7 Å². The summed E-state index contributed by atoms with van der Waals surface area (Å²) in [5.41, 5.74) is 2.83. The summed E-state index contributed by atoms with van der Waals surface area (Å²) in [6.45, 7) is 1.80. The second-order valence-corrected chi connectivity index (χ2v) is 8.14. The van der Waals surface area contributed by atoms with Crippen molar-refractivity contribution >= 4 is 23.2 Å². The van der Waals surface area contributed by atoms with E-state index in [0.717, 1.165) is 5.56 Å². The van der Waals surface area contributed by atoms with E-state index in [1.54, 1.807) is 30.8 Å². The fraction of sp³-hybridized carbons (Fsp3) is 0.115. The summed E-state index contributed by atoms with van der Waals surface area (Å²) in [4.78, 5) is 29.0. The van der Waals surface area contributed by atoms with E-state index >= 15 is 0 Å². The summed E-state index contributed by atoms with van der Waals surface area (Å²) >= 11 is 0. The minimum absolute atomic E-state index is 0.0632. The maximum atomic E-state index is 13.6. The summed E-state index contributed by atoms with van der Waals surface area (Å²) in [6.07, 6.45) is 0. The molecule has 2 N–H and O–H groups in total. The van der Waals surface area contributed by atoms with Crippen LogP contribution in [0.3, 0.4) is 0 Å². The Morgan fingerprint density at radius 3 is 2.58 bits per heavy atom. The van der Waals surface area contributed by atoms with Gasteiger partial charge in [-0.05, 0) is 25.1 Å². The van der Waals surface area contributed by atoms with Crippen LogP contribution in [0.25, 0.3) is 11.4 Å². The standard InChI is InChI=1S/C26H22N6O4/c1-16-22(25(33)28-18-10-4-3-5-11-18)23(20-13-6-7-14-21(20)36-2)31-26(27-16)29-24(30-31)17-9-8-12-19(15-17)32(34)35/h3-15,23H,1-2H3,(H,28,33)(H,27,29,30). The van der Waals surface area contributed by atoms with Gasteiger partial charge in [-0.25, -0.2) is 4.68 Å². The maximum Gasteiger partial charge on any atom is 0.270 e. The van der Waals surface area contributed by atoms with Gasteiger partial charge in [0.2, 0.25) is 5.95 Å². The molecule has 36 heavy (non-hydrogen) atoms. The summed E-state index contributed by atoms with van der Waals surface area (Å²) in [7, 11) is 1.57. The first-order valence-electron chi connectivity index (χ1n) is 11.1. The van der Waals surface area contributed by atoms with Gasteiger partial charge in [-0.3, -0.25) is 14.9 Å². The summed E-state index contributed by atoms with van der Waals surface area (Å²) in [5, 5.41) is 22.1. The van der Waals surface area contributed by atoms with Crippen molar-refractivity contribution in [3.63, 3.8) is 0 Å². The predicted molar refractivity (Wildman–Crippen MR) is 135 cm³/mol. The fourth-order valence-electron chi connectivity index (χ4n) is 4.23. The minimum Gasteiger partial charge on any atom is -0.496 e. The Morgan fingerprint density at radius 1 is 1.08 bits per heavy atom. The molecular weight excluding hydrogens is 460 g/mol. The molecule has 0 spiro atoms. The number of amides is 1. The molecule has 0 saturated carbocycles. The molecule has 5 rings (SSSR count). The van der Waals surface area contributed by atoms with Crippen molar-refractivity contribution in [3.8, 4) is 17.1 Å². The Balaban J connectivity index is 1.64. The summed E-state index contributed by atoms with van der Waals surface area (Å²) in [5.74, 6) is 0.973.